The molecule has 1 aromatic rings. The van der Waals surface area contributed by atoms with Crippen molar-refractivity contribution in [3.8, 4) is 11.5 Å². The number of hydrogen-bond acceptors (Lipinski definition) is 5. The van der Waals surface area contributed by atoms with E-state index in [0.29, 0.717) is 12.8 Å². The highest BCUT2D eigenvalue weighted by atomic mass is 32.2. The van der Waals surface area contributed by atoms with E-state index in [2.05, 4.69) is 4.74 Å². The van der Waals surface area contributed by atoms with Gasteiger partial charge in [-0.15, -0.1) is 13.2 Å². The monoisotopic (exact) mass is 368 g/mol. The van der Waals surface area contributed by atoms with Gasteiger partial charge >= 0.3 is 6.36 Å². The van der Waals surface area contributed by atoms with Crippen LogP contribution < -0.4 is 9.47 Å². The van der Waals surface area contributed by atoms with Crippen molar-refractivity contribution >= 4 is 9.84 Å². The van der Waals surface area contributed by atoms with Crippen LogP contribution in [0.4, 0.5) is 13.2 Å². The Morgan fingerprint density at radius 3 is 2.38 bits per heavy atom. The van der Waals surface area contributed by atoms with Gasteiger partial charge in [-0.1, -0.05) is 6.07 Å². The van der Waals surface area contributed by atoms with Crippen molar-refractivity contribution in [1.82, 2.24) is 0 Å². The van der Waals surface area contributed by atoms with E-state index < -0.39 is 45.2 Å². The molecule has 0 aromatic heterocycles. The van der Waals surface area contributed by atoms with Gasteiger partial charge in [0.25, 0.3) is 0 Å². The maximum absolute atomic E-state index is 12.4. The van der Waals surface area contributed by atoms with E-state index in [-0.39, 0.29) is 11.3 Å². The largest absolute Gasteiger partial charge is 0.573 e. The molecule has 0 amide bonds. The van der Waals surface area contributed by atoms with E-state index in [0.717, 1.165) is 6.07 Å². The molecule has 0 aliphatic heterocycles. The molecule has 0 radical (unpaired) electrons. The molecule has 1 aliphatic rings. The van der Waals surface area contributed by atoms with Crippen LogP contribution in [0.2, 0.25) is 0 Å². The lowest BCUT2D eigenvalue weighted by atomic mass is 10.1. The van der Waals surface area contributed by atoms with Crippen molar-refractivity contribution in [3.63, 3.8) is 0 Å². The minimum atomic E-state index is -4.88. The van der Waals surface area contributed by atoms with E-state index in [1.165, 1.54) is 12.1 Å². The maximum Gasteiger partial charge on any atom is 0.573 e. The summed E-state index contributed by atoms with van der Waals surface area (Å²) >= 11 is 0. The highest BCUT2D eigenvalue weighted by Crippen LogP contribution is 2.36. The molecule has 2 rings (SSSR count). The molecule has 136 valence electrons. The Bertz CT molecular complexity index is 681. The van der Waals surface area contributed by atoms with E-state index in [4.69, 9.17) is 4.74 Å². The highest BCUT2D eigenvalue weighted by molar-refractivity contribution is 7.92. The molecule has 1 N–H and O–H groups in total. The maximum atomic E-state index is 12.4. The number of halogens is 3. The summed E-state index contributed by atoms with van der Waals surface area (Å²) < 4.78 is 70.3. The van der Waals surface area contributed by atoms with Gasteiger partial charge in [0.1, 0.15) is 0 Å². The van der Waals surface area contributed by atoms with Crippen LogP contribution in [-0.2, 0) is 9.84 Å². The van der Waals surface area contributed by atoms with E-state index >= 15 is 0 Å². The SMILES string of the molecule is CC(C)Oc1cc(C(O)CS(=O)(=O)C2CC2)ccc1OC(F)(F)F. The predicted octanol–water partition coefficient (Wildman–Crippen LogP) is 2.98. The van der Waals surface area contributed by atoms with Crippen LogP contribution in [0.5, 0.6) is 11.5 Å². The Balaban J connectivity index is 2.24. The number of aliphatic hydroxyl groups excluding tert-OH is 1. The second-order valence-electron chi connectivity index (χ2n) is 5.97. The normalized spacial score (nSPS) is 17.0. The molecule has 5 nitrogen and oxygen atoms in total. The van der Waals surface area contributed by atoms with Gasteiger partial charge in [-0.05, 0) is 44.4 Å². The standard InChI is InChI=1S/C15H19F3O5S/c1-9(2)22-14-7-10(3-6-13(14)23-15(16,17)18)12(19)8-24(20,21)11-4-5-11/h3,6-7,9,11-12,19H,4-5,8H2,1-2H3. The van der Waals surface area contributed by atoms with Gasteiger partial charge in [-0.25, -0.2) is 8.42 Å². The third-order valence-corrected chi connectivity index (χ3v) is 5.63. The van der Waals surface area contributed by atoms with Gasteiger partial charge < -0.3 is 14.6 Å². The summed E-state index contributed by atoms with van der Waals surface area (Å²) in [5.41, 5.74) is 0.157. The van der Waals surface area contributed by atoms with Crippen molar-refractivity contribution in [2.45, 2.75) is 50.5 Å². The number of benzene rings is 1. The van der Waals surface area contributed by atoms with Crippen LogP contribution in [0.15, 0.2) is 18.2 Å². The lowest BCUT2D eigenvalue weighted by Gasteiger charge is -2.18. The Labute approximate surface area is 138 Å². The third kappa shape index (κ3) is 5.27. The van der Waals surface area contributed by atoms with Crippen LogP contribution in [0.1, 0.15) is 38.4 Å². The number of ether oxygens (including phenoxy) is 2. The molecule has 9 heteroatoms. The van der Waals surface area contributed by atoms with Crippen molar-refractivity contribution < 1.29 is 36.2 Å². The third-order valence-electron chi connectivity index (χ3n) is 3.36. The lowest BCUT2D eigenvalue weighted by Crippen LogP contribution is -2.20. The Morgan fingerprint density at radius 2 is 1.88 bits per heavy atom. The van der Waals surface area contributed by atoms with Crippen molar-refractivity contribution in [3.05, 3.63) is 23.8 Å². The number of rotatable bonds is 7. The van der Waals surface area contributed by atoms with Crippen molar-refractivity contribution in [1.29, 1.82) is 0 Å². The number of hydrogen-bond donors (Lipinski definition) is 1. The summed E-state index contributed by atoms with van der Waals surface area (Å²) in [6, 6.07) is 3.38. The molecule has 1 unspecified atom stereocenters. The Hall–Kier alpha value is -1.48. The van der Waals surface area contributed by atoms with E-state index in [9.17, 15) is 26.7 Å². The summed E-state index contributed by atoms with van der Waals surface area (Å²) in [5, 5.41) is 9.69. The first-order valence-corrected chi connectivity index (χ1v) is 9.15. The number of alkyl halides is 3. The van der Waals surface area contributed by atoms with Gasteiger partial charge in [0.15, 0.2) is 21.3 Å². The molecule has 1 aliphatic carbocycles. The zero-order valence-electron chi connectivity index (χ0n) is 13.2. The smallest absolute Gasteiger partial charge is 0.487 e. The first-order valence-electron chi connectivity index (χ1n) is 7.44. The van der Waals surface area contributed by atoms with Crippen LogP contribution in [-0.4, -0.2) is 37.0 Å². The molecule has 1 fully saturated rings. The molecule has 0 bridgehead atoms. The predicted molar refractivity (Wildman–Crippen MR) is 80.7 cm³/mol. The quantitative estimate of drug-likeness (QED) is 0.801. The Kier molecular flexibility index (Phi) is 5.34. The minimum Gasteiger partial charge on any atom is -0.487 e. The molecular formula is C15H19F3O5S. The van der Waals surface area contributed by atoms with Crippen LogP contribution >= 0.6 is 0 Å². The number of sulfone groups is 1. The van der Waals surface area contributed by atoms with Crippen LogP contribution in [0.25, 0.3) is 0 Å². The second kappa shape index (κ2) is 6.79. The molecule has 24 heavy (non-hydrogen) atoms. The zero-order chi connectivity index (χ0) is 18.1. The molecule has 1 atom stereocenters. The average Bonchev–Trinajstić information content (AvgIpc) is 3.22. The van der Waals surface area contributed by atoms with E-state index in [1.807, 2.05) is 0 Å². The Morgan fingerprint density at radius 1 is 1.25 bits per heavy atom. The fourth-order valence-electron chi connectivity index (χ4n) is 2.17. The molecule has 0 heterocycles. The average molecular weight is 368 g/mol. The highest BCUT2D eigenvalue weighted by Gasteiger charge is 2.37. The van der Waals surface area contributed by atoms with Crippen molar-refractivity contribution in [2.75, 3.05) is 5.75 Å². The lowest BCUT2D eigenvalue weighted by molar-refractivity contribution is -0.275. The summed E-state index contributed by atoms with van der Waals surface area (Å²) in [4.78, 5) is 0. The van der Waals surface area contributed by atoms with Gasteiger partial charge in [-0.2, -0.15) is 0 Å². The summed E-state index contributed by atoms with van der Waals surface area (Å²) in [6.45, 7) is 3.25. The van der Waals surface area contributed by atoms with Crippen LogP contribution in [0, 0.1) is 0 Å². The second-order valence-corrected chi connectivity index (χ2v) is 8.29. The molecule has 0 spiro atoms. The minimum absolute atomic E-state index is 0.157. The van der Waals surface area contributed by atoms with Gasteiger partial charge in [0.05, 0.1) is 23.2 Å². The molecule has 1 saturated carbocycles. The van der Waals surface area contributed by atoms with Crippen LogP contribution in [0.3, 0.4) is 0 Å². The van der Waals surface area contributed by atoms with Crippen molar-refractivity contribution in [2.24, 2.45) is 0 Å². The summed E-state index contributed by atoms with van der Waals surface area (Å²) in [6.07, 6.45) is -5.50. The number of aliphatic hydroxyl groups is 1. The first kappa shape index (κ1) is 18.9. The van der Waals surface area contributed by atoms with Gasteiger partial charge in [0.2, 0.25) is 0 Å². The fraction of sp³-hybridized carbons (Fsp3) is 0.600. The molecular weight excluding hydrogens is 349 g/mol. The van der Waals surface area contributed by atoms with Gasteiger partial charge in [-0.3, -0.25) is 0 Å². The molecule has 1 aromatic carbocycles. The topological polar surface area (TPSA) is 72.8 Å². The van der Waals surface area contributed by atoms with E-state index in [1.54, 1.807) is 13.8 Å². The summed E-state index contributed by atoms with van der Waals surface area (Å²) in [5.74, 6) is -1.22. The summed E-state index contributed by atoms with van der Waals surface area (Å²) in [7, 11) is -3.41. The fourth-order valence-corrected chi connectivity index (χ4v) is 3.93. The zero-order valence-corrected chi connectivity index (χ0v) is 14.0. The molecule has 0 saturated heterocycles. The van der Waals surface area contributed by atoms with Gasteiger partial charge in [0, 0.05) is 0 Å². The first-order chi connectivity index (χ1) is 11.0.